The fourth-order valence-corrected chi connectivity index (χ4v) is 1.52. The van der Waals surface area contributed by atoms with Crippen LogP contribution in [0, 0.1) is 0 Å². The smallest absolute Gasteiger partial charge is 0.131 e. The normalized spacial score (nSPS) is 10.5. The SMILES string of the molecule is Brc1ccoc1CNCc1cccnn1. The van der Waals surface area contributed by atoms with Gasteiger partial charge < -0.3 is 9.73 Å². The largest absolute Gasteiger partial charge is 0.467 e. The average Bonchev–Trinajstić information content (AvgIpc) is 2.66. The van der Waals surface area contributed by atoms with Crippen LogP contribution in [0.1, 0.15) is 11.5 Å². The molecule has 2 aromatic heterocycles. The lowest BCUT2D eigenvalue weighted by Crippen LogP contribution is -2.13. The van der Waals surface area contributed by atoms with Crippen molar-refractivity contribution in [3.05, 3.63) is 46.6 Å². The van der Waals surface area contributed by atoms with Crippen LogP contribution in [0.2, 0.25) is 0 Å². The second-order valence-corrected chi connectivity index (χ2v) is 3.86. The Kier molecular flexibility index (Phi) is 3.47. The van der Waals surface area contributed by atoms with E-state index in [1.54, 1.807) is 12.5 Å². The summed E-state index contributed by atoms with van der Waals surface area (Å²) >= 11 is 3.39. The van der Waals surface area contributed by atoms with Gasteiger partial charge in [-0.3, -0.25) is 0 Å². The lowest BCUT2D eigenvalue weighted by atomic mass is 10.4. The third-order valence-corrected chi connectivity index (χ3v) is 2.62. The molecule has 0 saturated carbocycles. The van der Waals surface area contributed by atoms with E-state index in [2.05, 4.69) is 31.4 Å². The number of halogens is 1. The van der Waals surface area contributed by atoms with Gasteiger partial charge in [0.05, 0.1) is 23.0 Å². The van der Waals surface area contributed by atoms with Crippen LogP contribution >= 0.6 is 15.9 Å². The third kappa shape index (κ3) is 2.87. The highest BCUT2D eigenvalue weighted by molar-refractivity contribution is 9.10. The molecule has 2 rings (SSSR count). The van der Waals surface area contributed by atoms with Gasteiger partial charge in [-0.05, 0) is 34.1 Å². The van der Waals surface area contributed by atoms with Crippen LogP contribution in [0.4, 0.5) is 0 Å². The Morgan fingerprint density at radius 2 is 2.27 bits per heavy atom. The van der Waals surface area contributed by atoms with E-state index in [9.17, 15) is 0 Å². The first-order valence-electron chi connectivity index (χ1n) is 4.55. The molecule has 2 aromatic rings. The summed E-state index contributed by atoms with van der Waals surface area (Å²) in [7, 11) is 0. The maximum Gasteiger partial charge on any atom is 0.131 e. The molecular formula is C10H10BrN3O. The summed E-state index contributed by atoms with van der Waals surface area (Å²) in [4.78, 5) is 0. The molecule has 0 aliphatic heterocycles. The van der Waals surface area contributed by atoms with Gasteiger partial charge in [-0.25, -0.2) is 0 Å². The van der Waals surface area contributed by atoms with Crippen LogP contribution in [-0.2, 0) is 13.1 Å². The fourth-order valence-electron chi connectivity index (χ4n) is 1.18. The van der Waals surface area contributed by atoms with Crippen LogP contribution in [0.25, 0.3) is 0 Å². The van der Waals surface area contributed by atoms with Crippen molar-refractivity contribution in [3.8, 4) is 0 Å². The summed E-state index contributed by atoms with van der Waals surface area (Å²) in [5, 5.41) is 11.0. The molecule has 0 saturated heterocycles. The van der Waals surface area contributed by atoms with Crippen molar-refractivity contribution in [1.82, 2.24) is 15.5 Å². The predicted molar refractivity (Wildman–Crippen MR) is 59.0 cm³/mol. The third-order valence-electron chi connectivity index (χ3n) is 1.91. The lowest BCUT2D eigenvalue weighted by molar-refractivity contribution is 0.479. The topological polar surface area (TPSA) is 51.0 Å². The van der Waals surface area contributed by atoms with Gasteiger partial charge in [0.2, 0.25) is 0 Å². The van der Waals surface area contributed by atoms with E-state index in [4.69, 9.17) is 4.42 Å². The molecule has 0 amide bonds. The zero-order valence-corrected chi connectivity index (χ0v) is 9.57. The predicted octanol–water partition coefficient (Wildman–Crippen LogP) is 2.12. The fraction of sp³-hybridized carbons (Fsp3) is 0.200. The minimum atomic E-state index is 0.671. The van der Waals surface area contributed by atoms with Gasteiger partial charge >= 0.3 is 0 Å². The van der Waals surface area contributed by atoms with Crippen molar-refractivity contribution < 1.29 is 4.42 Å². The van der Waals surface area contributed by atoms with Gasteiger partial charge in [0.15, 0.2) is 0 Å². The summed E-state index contributed by atoms with van der Waals surface area (Å²) in [5.74, 6) is 0.888. The van der Waals surface area contributed by atoms with Gasteiger partial charge in [0, 0.05) is 12.7 Å². The maximum absolute atomic E-state index is 5.26. The number of furan rings is 1. The Morgan fingerprint density at radius 1 is 1.33 bits per heavy atom. The molecule has 5 heteroatoms. The van der Waals surface area contributed by atoms with E-state index in [1.807, 2.05) is 18.2 Å². The van der Waals surface area contributed by atoms with Gasteiger partial charge in [-0.2, -0.15) is 10.2 Å². The van der Waals surface area contributed by atoms with E-state index in [-0.39, 0.29) is 0 Å². The molecule has 15 heavy (non-hydrogen) atoms. The lowest BCUT2D eigenvalue weighted by Gasteiger charge is -2.01. The Hall–Kier alpha value is -1.20. The van der Waals surface area contributed by atoms with Crippen molar-refractivity contribution >= 4 is 15.9 Å². The number of nitrogens with zero attached hydrogens (tertiary/aromatic N) is 2. The summed E-state index contributed by atoms with van der Waals surface area (Å²) in [5.41, 5.74) is 0.917. The molecule has 0 spiro atoms. The Balaban J connectivity index is 1.83. The van der Waals surface area contributed by atoms with Gasteiger partial charge in [-0.15, -0.1) is 0 Å². The van der Waals surface area contributed by atoms with Crippen molar-refractivity contribution in [2.75, 3.05) is 0 Å². The molecule has 0 fully saturated rings. The van der Waals surface area contributed by atoms with Crippen LogP contribution in [0.3, 0.4) is 0 Å². The first-order chi connectivity index (χ1) is 7.36. The molecule has 0 aliphatic rings. The van der Waals surface area contributed by atoms with Gasteiger partial charge in [0.1, 0.15) is 5.76 Å². The Bertz CT molecular complexity index is 416. The first-order valence-corrected chi connectivity index (χ1v) is 5.35. The number of rotatable bonds is 4. The second-order valence-electron chi connectivity index (χ2n) is 3.01. The van der Waals surface area contributed by atoms with E-state index >= 15 is 0 Å². The van der Waals surface area contributed by atoms with Crippen molar-refractivity contribution in [2.24, 2.45) is 0 Å². The van der Waals surface area contributed by atoms with E-state index in [0.717, 1.165) is 15.9 Å². The van der Waals surface area contributed by atoms with Gasteiger partial charge in [-0.1, -0.05) is 0 Å². The highest BCUT2D eigenvalue weighted by atomic mass is 79.9. The Morgan fingerprint density at radius 3 is 2.93 bits per heavy atom. The summed E-state index contributed by atoms with van der Waals surface area (Å²) in [6.45, 7) is 1.35. The van der Waals surface area contributed by atoms with E-state index in [1.165, 1.54) is 0 Å². The van der Waals surface area contributed by atoms with Crippen LogP contribution in [0.5, 0.6) is 0 Å². The van der Waals surface area contributed by atoms with E-state index in [0.29, 0.717) is 13.1 Å². The second kappa shape index (κ2) is 5.04. The summed E-state index contributed by atoms with van der Waals surface area (Å²) in [6.07, 6.45) is 3.32. The van der Waals surface area contributed by atoms with Crippen LogP contribution < -0.4 is 5.32 Å². The number of nitrogens with one attached hydrogen (secondary N) is 1. The summed E-state index contributed by atoms with van der Waals surface area (Å²) < 4.78 is 6.24. The maximum atomic E-state index is 5.26. The molecule has 2 heterocycles. The highest BCUT2D eigenvalue weighted by Crippen LogP contribution is 2.16. The van der Waals surface area contributed by atoms with Gasteiger partial charge in [0.25, 0.3) is 0 Å². The zero-order valence-electron chi connectivity index (χ0n) is 7.98. The molecule has 0 aromatic carbocycles. The molecule has 78 valence electrons. The van der Waals surface area contributed by atoms with Crippen LogP contribution in [-0.4, -0.2) is 10.2 Å². The quantitative estimate of drug-likeness (QED) is 0.922. The molecule has 0 radical (unpaired) electrons. The molecule has 0 aliphatic carbocycles. The minimum Gasteiger partial charge on any atom is -0.467 e. The van der Waals surface area contributed by atoms with Crippen molar-refractivity contribution in [3.63, 3.8) is 0 Å². The average molecular weight is 268 g/mol. The molecule has 1 N–H and O–H groups in total. The highest BCUT2D eigenvalue weighted by Gasteiger charge is 2.02. The summed E-state index contributed by atoms with van der Waals surface area (Å²) in [6, 6.07) is 5.67. The molecule has 0 atom stereocenters. The molecule has 0 bridgehead atoms. The van der Waals surface area contributed by atoms with E-state index < -0.39 is 0 Å². The van der Waals surface area contributed by atoms with Crippen molar-refractivity contribution in [1.29, 1.82) is 0 Å². The minimum absolute atomic E-state index is 0.671. The number of aromatic nitrogens is 2. The first kappa shape index (κ1) is 10.3. The number of hydrogen-bond donors (Lipinski definition) is 1. The zero-order chi connectivity index (χ0) is 10.5. The standard InChI is InChI=1S/C10H10BrN3O/c11-9-3-5-15-10(9)7-12-6-8-2-1-4-13-14-8/h1-5,12H,6-7H2. The molecular weight excluding hydrogens is 258 g/mol. The molecule has 0 unspecified atom stereocenters. The Labute approximate surface area is 95.8 Å². The number of hydrogen-bond acceptors (Lipinski definition) is 4. The molecule has 4 nitrogen and oxygen atoms in total. The van der Waals surface area contributed by atoms with Crippen molar-refractivity contribution in [2.45, 2.75) is 13.1 Å². The monoisotopic (exact) mass is 267 g/mol. The van der Waals surface area contributed by atoms with Crippen LogP contribution in [0.15, 0.2) is 39.5 Å².